The fraction of sp³-hybridized carbons (Fsp3) is 0.769. The van der Waals surface area contributed by atoms with Gasteiger partial charge in [-0.15, -0.1) is 11.3 Å². The van der Waals surface area contributed by atoms with Crippen molar-refractivity contribution >= 4 is 28.2 Å². The largest absolute Gasteiger partial charge is 0.378 e. The summed E-state index contributed by atoms with van der Waals surface area (Å²) in [5.74, 6) is 2.43. The predicted octanol–water partition coefficient (Wildman–Crippen LogP) is 2.09. The number of nitrogens with zero attached hydrogens (tertiary/aromatic N) is 2. The van der Waals surface area contributed by atoms with Crippen molar-refractivity contribution in [2.75, 3.05) is 36.6 Å². The molecule has 2 heterocycles. The number of anilines is 1. The molecule has 1 aliphatic carbocycles. The lowest BCUT2D eigenvalue weighted by Crippen LogP contribution is -2.32. The van der Waals surface area contributed by atoms with Gasteiger partial charge < -0.3 is 15.0 Å². The summed E-state index contributed by atoms with van der Waals surface area (Å²) >= 11 is 3.87. The Morgan fingerprint density at radius 2 is 2.16 bits per heavy atom. The van der Waals surface area contributed by atoms with E-state index in [1.807, 2.05) is 23.1 Å². The number of aromatic nitrogens is 1. The first-order valence-corrected chi connectivity index (χ1v) is 8.87. The standard InChI is InChI=1S/C13H21N3OS2/c1-17-9-11-12(8-14-10-2-3-10)19-13(15-11)16-4-6-18-7-5-16/h10,14H,2-9H2,1H3. The second kappa shape index (κ2) is 6.43. The van der Waals surface area contributed by atoms with Crippen molar-refractivity contribution in [2.24, 2.45) is 0 Å². The van der Waals surface area contributed by atoms with Crippen LogP contribution in [0.15, 0.2) is 0 Å². The summed E-state index contributed by atoms with van der Waals surface area (Å²) in [5, 5.41) is 4.76. The summed E-state index contributed by atoms with van der Waals surface area (Å²) in [6.45, 7) is 3.82. The molecule has 0 spiro atoms. The summed E-state index contributed by atoms with van der Waals surface area (Å²) in [4.78, 5) is 8.56. The number of hydrogen-bond acceptors (Lipinski definition) is 6. The number of thiazole rings is 1. The second-order valence-corrected chi connectivity index (χ2v) is 7.34. The van der Waals surface area contributed by atoms with Crippen molar-refractivity contribution in [2.45, 2.75) is 32.0 Å². The Bertz CT molecular complexity index is 414. The van der Waals surface area contributed by atoms with Gasteiger partial charge in [0, 0.05) is 49.2 Å². The predicted molar refractivity (Wildman–Crippen MR) is 82.2 cm³/mol. The number of hydrogen-bond donors (Lipinski definition) is 1. The van der Waals surface area contributed by atoms with Crippen LogP contribution in [-0.2, 0) is 17.9 Å². The van der Waals surface area contributed by atoms with E-state index in [1.54, 1.807) is 7.11 Å². The van der Waals surface area contributed by atoms with Crippen molar-refractivity contribution in [3.05, 3.63) is 10.6 Å². The topological polar surface area (TPSA) is 37.4 Å². The zero-order chi connectivity index (χ0) is 13.1. The summed E-state index contributed by atoms with van der Waals surface area (Å²) in [6, 6.07) is 0.743. The molecule has 106 valence electrons. The lowest BCUT2D eigenvalue weighted by atomic mass is 10.3. The third-order valence-corrected chi connectivity index (χ3v) is 5.56. The number of ether oxygens (including phenoxy) is 1. The molecular weight excluding hydrogens is 278 g/mol. The van der Waals surface area contributed by atoms with Gasteiger partial charge in [-0.2, -0.15) is 11.8 Å². The van der Waals surface area contributed by atoms with Gasteiger partial charge in [-0.25, -0.2) is 4.98 Å². The third kappa shape index (κ3) is 3.62. The van der Waals surface area contributed by atoms with Crippen molar-refractivity contribution in [1.29, 1.82) is 0 Å². The van der Waals surface area contributed by atoms with Crippen molar-refractivity contribution < 1.29 is 4.74 Å². The average Bonchev–Trinajstić information content (AvgIpc) is 3.19. The molecule has 0 unspecified atom stereocenters. The maximum atomic E-state index is 5.29. The van der Waals surface area contributed by atoms with E-state index in [0.29, 0.717) is 6.61 Å². The van der Waals surface area contributed by atoms with Gasteiger partial charge in [0.25, 0.3) is 0 Å². The van der Waals surface area contributed by atoms with Crippen LogP contribution in [0.4, 0.5) is 5.13 Å². The van der Waals surface area contributed by atoms with E-state index in [0.717, 1.165) is 31.4 Å². The van der Waals surface area contributed by atoms with Crippen molar-refractivity contribution in [3.8, 4) is 0 Å². The van der Waals surface area contributed by atoms with Gasteiger partial charge in [-0.3, -0.25) is 0 Å². The highest BCUT2D eigenvalue weighted by Crippen LogP contribution is 2.29. The summed E-state index contributed by atoms with van der Waals surface area (Å²) in [7, 11) is 1.74. The van der Waals surface area contributed by atoms with Gasteiger partial charge in [0.1, 0.15) is 0 Å². The third-order valence-electron chi connectivity index (χ3n) is 3.46. The number of methoxy groups -OCH3 is 1. The molecule has 0 radical (unpaired) electrons. The van der Waals surface area contributed by atoms with Gasteiger partial charge in [-0.1, -0.05) is 0 Å². The molecule has 1 aliphatic heterocycles. The SMILES string of the molecule is COCc1nc(N2CCSCC2)sc1CNC1CC1. The van der Waals surface area contributed by atoms with Crippen molar-refractivity contribution in [1.82, 2.24) is 10.3 Å². The minimum Gasteiger partial charge on any atom is -0.378 e. The molecule has 2 fully saturated rings. The molecule has 3 rings (SSSR count). The maximum absolute atomic E-state index is 5.29. The van der Waals surface area contributed by atoms with E-state index in [4.69, 9.17) is 9.72 Å². The van der Waals surface area contributed by atoms with Crippen LogP contribution in [0.1, 0.15) is 23.4 Å². The summed E-state index contributed by atoms with van der Waals surface area (Å²) < 4.78 is 5.29. The molecule has 1 N–H and O–H groups in total. The molecule has 1 aromatic rings. The van der Waals surface area contributed by atoms with E-state index >= 15 is 0 Å². The van der Waals surface area contributed by atoms with Gasteiger partial charge in [0.2, 0.25) is 0 Å². The lowest BCUT2D eigenvalue weighted by Gasteiger charge is -2.25. The first-order chi connectivity index (χ1) is 9.36. The zero-order valence-electron chi connectivity index (χ0n) is 11.4. The van der Waals surface area contributed by atoms with E-state index in [-0.39, 0.29) is 0 Å². The second-order valence-electron chi connectivity index (χ2n) is 5.05. The van der Waals surface area contributed by atoms with E-state index in [1.165, 1.54) is 34.4 Å². The monoisotopic (exact) mass is 299 g/mol. The van der Waals surface area contributed by atoms with Crippen LogP contribution in [0.2, 0.25) is 0 Å². The van der Waals surface area contributed by atoms with Crippen LogP contribution < -0.4 is 10.2 Å². The smallest absolute Gasteiger partial charge is 0.185 e. The fourth-order valence-electron chi connectivity index (χ4n) is 2.17. The number of nitrogens with one attached hydrogen (secondary N) is 1. The van der Waals surface area contributed by atoms with E-state index in [2.05, 4.69) is 10.2 Å². The minimum absolute atomic E-state index is 0.626. The Morgan fingerprint density at radius 3 is 2.84 bits per heavy atom. The van der Waals surface area contributed by atoms with Crippen LogP contribution >= 0.6 is 23.1 Å². The number of rotatable bonds is 6. The Labute approximate surface area is 122 Å². The van der Waals surface area contributed by atoms with Gasteiger partial charge in [0.15, 0.2) is 5.13 Å². The van der Waals surface area contributed by atoms with E-state index < -0.39 is 0 Å². The van der Waals surface area contributed by atoms with Crippen LogP contribution in [0.5, 0.6) is 0 Å². The average molecular weight is 299 g/mol. The molecule has 0 aromatic carbocycles. The Kier molecular flexibility index (Phi) is 4.63. The first-order valence-electron chi connectivity index (χ1n) is 6.90. The molecule has 1 aromatic heterocycles. The quantitative estimate of drug-likeness (QED) is 0.870. The molecule has 1 saturated heterocycles. The fourth-order valence-corrected chi connectivity index (χ4v) is 4.14. The number of thioether (sulfide) groups is 1. The summed E-state index contributed by atoms with van der Waals surface area (Å²) in [6.07, 6.45) is 2.66. The molecular formula is C13H21N3OS2. The zero-order valence-corrected chi connectivity index (χ0v) is 13.0. The maximum Gasteiger partial charge on any atom is 0.185 e. The minimum atomic E-state index is 0.626. The highest BCUT2D eigenvalue weighted by atomic mass is 32.2. The van der Waals surface area contributed by atoms with Gasteiger partial charge >= 0.3 is 0 Å². The molecule has 0 bridgehead atoms. The first kappa shape index (κ1) is 13.7. The Balaban J connectivity index is 1.70. The molecule has 0 amide bonds. The normalized spacial score (nSPS) is 19.9. The molecule has 0 atom stereocenters. The molecule has 1 saturated carbocycles. The van der Waals surface area contributed by atoms with Crippen LogP contribution in [0.25, 0.3) is 0 Å². The highest BCUT2D eigenvalue weighted by molar-refractivity contribution is 7.99. The lowest BCUT2D eigenvalue weighted by molar-refractivity contribution is 0.181. The summed E-state index contributed by atoms with van der Waals surface area (Å²) in [5.41, 5.74) is 1.12. The van der Waals surface area contributed by atoms with E-state index in [9.17, 15) is 0 Å². The van der Waals surface area contributed by atoms with Crippen LogP contribution in [0, 0.1) is 0 Å². The van der Waals surface area contributed by atoms with Crippen LogP contribution in [0.3, 0.4) is 0 Å². The van der Waals surface area contributed by atoms with Crippen LogP contribution in [-0.4, -0.2) is 42.7 Å². The van der Waals surface area contributed by atoms with Gasteiger partial charge in [0.05, 0.1) is 12.3 Å². The molecule has 4 nitrogen and oxygen atoms in total. The molecule has 2 aliphatic rings. The molecule has 6 heteroatoms. The molecule has 19 heavy (non-hydrogen) atoms. The Morgan fingerprint density at radius 1 is 1.37 bits per heavy atom. The van der Waals surface area contributed by atoms with Crippen molar-refractivity contribution in [3.63, 3.8) is 0 Å². The highest BCUT2D eigenvalue weighted by Gasteiger charge is 2.23. The van der Waals surface area contributed by atoms with Gasteiger partial charge in [-0.05, 0) is 12.8 Å². The Hall–Kier alpha value is -0.300.